The van der Waals surface area contributed by atoms with Crippen LogP contribution in [0.4, 0.5) is 0 Å². The third-order valence-corrected chi connectivity index (χ3v) is 5.58. The number of esters is 2. The maximum atomic E-state index is 12.4. The second-order valence-corrected chi connectivity index (χ2v) is 9.19. The van der Waals surface area contributed by atoms with Crippen LogP contribution < -0.4 is 0 Å². The van der Waals surface area contributed by atoms with Crippen LogP contribution in [0.25, 0.3) is 0 Å². The molecular formula is C21H36O13. The molecular weight excluding hydrogens is 460 g/mol. The van der Waals surface area contributed by atoms with E-state index in [2.05, 4.69) is 0 Å². The number of hydrogen-bond acceptors (Lipinski definition) is 13. The van der Waals surface area contributed by atoms with Crippen LogP contribution in [0.2, 0.25) is 0 Å². The van der Waals surface area contributed by atoms with Crippen molar-refractivity contribution in [3.8, 4) is 0 Å². The third-order valence-electron chi connectivity index (χ3n) is 5.58. The topological polar surface area (TPSA) is 202 Å². The van der Waals surface area contributed by atoms with Gasteiger partial charge in [-0.05, 0) is 5.92 Å². The molecule has 0 aliphatic carbocycles. The highest BCUT2D eigenvalue weighted by Gasteiger charge is 2.59. The molecule has 0 unspecified atom stereocenters. The molecule has 13 nitrogen and oxygen atoms in total. The van der Waals surface area contributed by atoms with Gasteiger partial charge in [-0.3, -0.25) is 9.59 Å². The fraction of sp³-hybridized carbons (Fsp3) is 0.905. The minimum absolute atomic E-state index is 0.0363. The van der Waals surface area contributed by atoms with Crippen molar-refractivity contribution < 1.29 is 63.9 Å². The van der Waals surface area contributed by atoms with Gasteiger partial charge >= 0.3 is 11.9 Å². The number of aliphatic hydroxyl groups is 6. The second kappa shape index (κ2) is 12.0. The number of carbonyl (C=O) groups excluding carboxylic acids is 2. The molecule has 2 saturated heterocycles. The monoisotopic (exact) mass is 496 g/mol. The van der Waals surface area contributed by atoms with Crippen LogP contribution in [0, 0.1) is 11.8 Å². The first-order valence-corrected chi connectivity index (χ1v) is 11.2. The van der Waals surface area contributed by atoms with Gasteiger partial charge in [-0.15, -0.1) is 0 Å². The lowest BCUT2D eigenvalue weighted by Gasteiger charge is -2.45. The maximum Gasteiger partial charge on any atom is 0.308 e. The van der Waals surface area contributed by atoms with Crippen LogP contribution in [-0.2, 0) is 33.3 Å². The summed E-state index contributed by atoms with van der Waals surface area (Å²) < 4.78 is 27.2. The smallest absolute Gasteiger partial charge is 0.308 e. The van der Waals surface area contributed by atoms with E-state index >= 15 is 0 Å². The predicted octanol–water partition coefficient (Wildman–Crippen LogP) is -2.59. The van der Waals surface area contributed by atoms with Crippen molar-refractivity contribution in [3.05, 3.63) is 0 Å². The normalized spacial score (nSPS) is 38.4. The van der Waals surface area contributed by atoms with E-state index in [4.69, 9.17) is 23.7 Å². The van der Waals surface area contributed by atoms with E-state index in [0.29, 0.717) is 0 Å². The van der Waals surface area contributed by atoms with Crippen LogP contribution >= 0.6 is 0 Å². The van der Waals surface area contributed by atoms with E-state index in [0.717, 1.165) is 0 Å². The first kappa shape index (κ1) is 28.8. The summed E-state index contributed by atoms with van der Waals surface area (Å²) in [4.78, 5) is 24.5. The van der Waals surface area contributed by atoms with Gasteiger partial charge in [0.15, 0.2) is 12.2 Å². The standard InChI is InChI=1S/C21H36O13/c1-9(2)5-13(25)31-17-15(27)16(32-19(29)10(3)4)12(7-23)30-20(17)34-21(8-24)18(28)14(26)11(6-22)33-21/h9-12,14-18,20,22-24,26-28H,5-8H2,1-4H3/t11-,12-,14-,15+,16-,17-,18+,20-,21+/m1/s1. The fourth-order valence-corrected chi connectivity index (χ4v) is 3.68. The van der Waals surface area contributed by atoms with Gasteiger partial charge in [-0.1, -0.05) is 27.7 Å². The number of carbonyl (C=O) groups is 2. The lowest BCUT2D eigenvalue weighted by atomic mass is 9.97. The molecule has 0 radical (unpaired) electrons. The quantitative estimate of drug-likeness (QED) is 0.172. The largest absolute Gasteiger partial charge is 0.456 e. The summed E-state index contributed by atoms with van der Waals surface area (Å²) in [6, 6.07) is 0. The van der Waals surface area contributed by atoms with Gasteiger partial charge in [0.05, 0.1) is 19.1 Å². The zero-order valence-electron chi connectivity index (χ0n) is 19.6. The molecule has 0 saturated carbocycles. The molecule has 13 heteroatoms. The van der Waals surface area contributed by atoms with Gasteiger partial charge in [0.2, 0.25) is 12.1 Å². The predicted molar refractivity (Wildman–Crippen MR) is 111 cm³/mol. The summed E-state index contributed by atoms with van der Waals surface area (Å²) in [6.45, 7) is 4.18. The lowest BCUT2D eigenvalue weighted by Crippen LogP contribution is -2.64. The summed E-state index contributed by atoms with van der Waals surface area (Å²) in [6.07, 6.45) is -12.7. The SMILES string of the molecule is CC(C)CC(=O)O[C@H]1[C@@H](O[C@]2(CO)O[C@H](CO)[C@@H](O)[C@@H]2O)O[C@H](CO)[C@@H](OC(=O)C(C)C)[C@@H]1O. The maximum absolute atomic E-state index is 12.4. The number of ether oxygens (including phenoxy) is 5. The molecule has 0 aromatic rings. The molecule has 0 bridgehead atoms. The second-order valence-electron chi connectivity index (χ2n) is 9.19. The molecule has 2 aliphatic rings. The molecule has 2 rings (SSSR count). The lowest BCUT2D eigenvalue weighted by molar-refractivity contribution is -0.384. The Balaban J connectivity index is 2.37. The van der Waals surface area contributed by atoms with Crippen molar-refractivity contribution >= 4 is 11.9 Å². The van der Waals surface area contributed by atoms with Gasteiger partial charge in [0, 0.05) is 6.42 Å². The summed E-state index contributed by atoms with van der Waals surface area (Å²) in [5, 5.41) is 60.6. The Morgan fingerprint density at radius 2 is 1.53 bits per heavy atom. The van der Waals surface area contributed by atoms with Crippen molar-refractivity contribution in [2.45, 2.75) is 88.9 Å². The van der Waals surface area contributed by atoms with E-state index in [1.54, 1.807) is 27.7 Å². The number of hydrogen-bond donors (Lipinski definition) is 6. The van der Waals surface area contributed by atoms with E-state index < -0.39 is 92.5 Å². The summed E-state index contributed by atoms with van der Waals surface area (Å²) in [7, 11) is 0. The first-order valence-electron chi connectivity index (χ1n) is 11.2. The highest BCUT2D eigenvalue weighted by atomic mass is 16.8. The average molecular weight is 497 g/mol. The van der Waals surface area contributed by atoms with Crippen LogP contribution in [0.15, 0.2) is 0 Å². The van der Waals surface area contributed by atoms with Crippen LogP contribution in [0.1, 0.15) is 34.1 Å². The minimum Gasteiger partial charge on any atom is -0.456 e. The van der Waals surface area contributed by atoms with Gasteiger partial charge in [-0.25, -0.2) is 0 Å². The molecule has 0 amide bonds. The van der Waals surface area contributed by atoms with Crippen molar-refractivity contribution in [1.82, 2.24) is 0 Å². The highest BCUT2D eigenvalue weighted by molar-refractivity contribution is 5.72. The van der Waals surface area contributed by atoms with Crippen molar-refractivity contribution in [2.24, 2.45) is 11.8 Å². The van der Waals surface area contributed by atoms with Crippen LogP contribution in [0.5, 0.6) is 0 Å². The molecule has 198 valence electrons. The molecule has 9 atom stereocenters. The summed E-state index contributed by atoms with van der Waals surface area (Å²) in [5.41, 5.74) is 0. The third kappa shape index (κ3) is 6.22. The van der Waals surface area contributed by atoms with E-state index in [1.165, 1.54) is 0 Å². The Morgan fingerprint density at radius 1 is 0.912 bits per heavy atom. The number of rotatable bonds is 10. The van der Waals surface area contributed by atoms with Gasteiger partial charge in [-0.2, -0.15) is 0 Å². The molecule has 0 spiro atoms. The van der Waals surface area contributed by atoms with Gasteiger partial charge in [0.25, 0.3) is 0 Å². The zero-order valence-corrected chi connectivity index (χ0v) is 19.6. The minimum atomic E-state index is -2.32. The van der Waals surface area contributed by atoms with Crippen molar-refractivity contribution in [1.29, 1.82) is 0 Å². The Bertz CT molecular complexity index is 686. The molecule has 0 aromatic heterocycles. The molecule has 34 heavy (non-hydrogen) atoms. The zero-order chi connectivity index (χ0) is 25.8. The van der Waals surface area contributed by atoms with Crippen LogP contribution in [-0.4, -0.2) is 117 Å². The molecule has 2 aliphatic heterocycles. The molecule has 2 fully saturated rings. The molecule has 6 N–H and O–H groups in total. The van der Waals surface area contributed by atoms with Crippen molar-refractivity contribution in [3.63, 3.8) is 0 Å². The Morgan fingerprint density at radius 3 is 2.00 bits per heavy atom. The summed E-state index contributed by atoms with van der Waals surface area (Å²) >= 11 is 0. The van der Waals surface area contributed by atoms with E-state index in [9.17, 15) is 40.2 Å². The average Bonchev–Trinajstić information content (AvgIpc) is 3.02. The fourth-order valence-electron chi connectivity index (χ4n) is 3.68. The van der Waals surface area contributed by atoms with Gasteiger partial charge < -0.3 is 54.3 Å². The Hall–Kier alpha value is -1.42. The highest BCUT2D eigenvalue weighted by Crippen LogP contribution is 2.37. The van der Waals surface area contributed by atoms with Crippen LogP contribution in [0.3, 0.4) is 0 Å². The Kier molecular flexibility index (Phi) is 10.2. The van der Waals surface area contributed by atoms with Crippen molar-refractivity contribution in [2.75, 3.05) is 19.8 Å². The number of aliphatic hydroxyl groups excluding tert-OH is 6. The van der Waals surface area contributed by atoms with E-state index in [1.807, 2.05) is 0 Å². The van der Waals surface area contributed by atoms with Gasteiger partial charge in [0.1, 0.15) is 37.1 Å². The van der Waals surface area contributed by atoms with E-state index in [-0.39, 0.29) is 12.3 Å². The summed E-state index contributed by atoms with van der Waals surface area (Å²) in [5.74, 6) is -4.43. The molecule has 2 heterocycles. The first-order chi connectivity index (χ1) is 15.9. The Labute approximate surface area is 197 Å². The molecule has 0 aromatic carbocycles.